The second-order valence-corrected chi connectivity index (χ2v) is 7.62. The summed E-state index contributed by atoms with van der Waals surface area (Å²) in [7, 11) is 3.93. The molecule has 0 radical (unpaired) electrons. The van der Waals surface area contributed by atoms with Gasteiger partial charge in [-0.3, -0.25) is 14.9 Å². The Labute approximate surface area is 187 Å². The number of aromatic nitrogens is 3. The van der Waals surface area contributed by atoms with Gasteiger partial charge in [0.1, 0.15) is 0 Å². The van der Waals surface area contributed by atoms with Crippen LogP contribution < -0.4 is 21.5 Å². The molecule has 32 heavy (non-hydrogen) atoms. The number of hydrogen-bond donors (Lipinski definition) is 3. The molecule has 0 bridgehead atoms. The largest absolute Gasteiger partial charge is 0.378 e. The fraction of sp³-hybridized carbons (Fsp3) is 0.158. The molecule has 12 nitrogen and oxygen atoms in total. The van der Waals surface area contributed by atoms with Crippen molar-refractivity contribution >= 4 is 46.9 Å². The van der Waals surface area contributed by atoms with Crippen LogP contribution >= 0.6 is 11.8 Å². The number of non-ortho nitro benzene ring substituents is 1. The van der Waals surface area contributed by atoms with Crippen LogP contribution in [0.2, 0.25) is 0 Å². The van der Waals surface area contributed by atoms with Crippen molar-refractivity contribution in [2.75, 3.05) is 41.3 Å². The van der Waals surface area contributed by atoms with E-state index in [-0.39, 0.29) is 23.3 Å². The molecule has 0 aliphatic carbocycles. The summed E-state index contributed by atoms with van der Waals surface area (Å²) in [5.41, 5.74) is 5.08. The molecular weight excluding hydrogens is 434 g/mol. The van der Waals surface area contributed by atoms with E-state index in [2.05, 4.69) is 26.0 Å². The number of thioether (sulfide) groups is 1. The quantitative estimate of drug-likeness (QED) is 0.145. The summed E-state index contributed by atoms with van der Waals surface area (Å²) in [6, 6.07) is 13.4. The van der Waals surface area contributed by atoms with Gasteiger partial charge in [-0.05, 0) is 29.8 Å². The second-order valence-electron chi connectivity index (χ2n) is 6.67. The minimum Gasteiger partial charge on any atom is -0.378 e. The van der Waals surface area contributed by atoms with E-state index in [4.69, 9.17) is 5.84 Å². The first-order valence-electron chi connectivity index (χ1n) is 9.27. The van der Waals surface area contributed by atoms with Gasteiger partial charge in [-0.1, -0.05) is 23.9 Å². The first-order valence-corrected chi connectivity index (χ1v) is 10.3. The minimum atomic E-state index is -0.508. The van der Waals surface area contributed by atoms with Crippen LogP contribution in [0.5, 0.6) is 0 Å². The topological polar surface area (TPSA) is 157 Å². The van der Waals surface area contributed by atoms with Gasteiger partial charge in [-0.15, -0.1) is 10.2 Å². The third-order valence-corrected chi connectivity index (χ3v) is 5.09. The predicted octanol–water partition coefficient (Wildman–Crippen LogP) is 2.14. The first kappa shape index (κ1) is 22.6. The summed E-state index contributed by atoms with van der Waals surface area (Å²) in [4.78, 5) is 24.3. The lowest BCUT2D eigenvalue weighted by Crippen LogP contribution is -2.16. The van der Waals surface area contributed by atoms with Crippen molar-refractivity contribution in [3.63, 3.8) is 0 Å². The number of benzene rings is 2. The van der Waals surface area contributed by atoms with Gasteiger partial charge in [0, 0.05) is 37.6 Å². The lowest BCUT2D eigenvalue weighted by molar-refractivity contribution is -0.384. The standard InChI is InChI=1S/C19H21N9O3S/c1-26(2)15-7-3-13(4-8-15)11-21-23-18-24-25-19(27(18)20)32-12-17(29)22-14-5-9-16(10-6-14)28(30)31/h3-11H,12,20H2,1-2H3,(H,22,29)(H,23,24)/b21-11+. The van der Waals surface area contributed by atoms with Gasteiger partial charge in [0.25, 0.3) is 11.6 Å². The lowest BCUT2D eigenvalue weighted by atomic mass is 10.2. The van der Waals surface area contributed by atoms with E-state index in [0.29, 0.717) is 10.8 Å². The number of carbonyl (C=O) groups excluding carboxylic acids is 1. The molecule has 0 fully saturated rings. The molecule has 3 rings (SSSR count). The Morgan fingerprint density at radius 3 is 2.53 bits per heavy atom. The Bertz CT molecular complexity index is 1110. The van der Waals surface area contributed by atoms with Crippen LogP contribution in [0.3, 0.4) is 0 Å². The highest BCUT2D eigenvalue weighted by Crippen LogP contribution is 2.19. The summed E-state index contributed by atoms with van der Waals surface area (Å²) in [6.07, 6.45) is 1.62. The van der Waals surface area contributed by atoms with Crippen molar-refractivity contribution in [1.29, 1.82) is 0 Å². The number of anilines is 3. The zero-order valence-electron chi connectivity index (χ0n) is 17.3. The van der Waals surface area contributed by atoms with E-state index in [0.717, 1.165) is 23.0 Å². The van der Waals surface area contributed by atoms with Crippen molar-refractivity contribution in [3.8, 4) is 0 Å². The number of nitrogens with zero attached hydrogens (tertiary/aromatic N) is 6. The number of nitro benzene ring substituents is 1. The van der Waals surface area contributed by atoms with Gasteiger partial charge >= 0.3 is 0 Å². The van der Waals surface area contributed by atoms with E-state index >= 15 is 0 Å². The highest BCUT2D eigenvalue weighted by Gasteiger charge is 2.12. The molecule has 1 aromatic heterocycles. The minimum absolute atomic E-state index is 0.0216. The van der Waals surface area contributed by atoms with E-state index < -0.39 is 4.92 Å². The Morgan fingerprint density at radius 1 is 1.22 bits per heavy atom. The van der Waals surface area contributed by atoms with Gasteiger partial charge in [0.2, 0.25) is 11.1 Å². The highest BCUT2D eigenvalue weighted by molar-refractivity contribution is 7.99. The van der Waals surface area contributed by atoms with Crippen LogP contribution in [-0.4, -0.2) is 51.8 Å². The van der Waals surface area contributed by atoms with Crippen LogP contribution in [-0.2, 0) is 4.79 Å². The normalized spacial score (nSPS) is 10.8. The smallest absolute Gasteiger partial charge is 0.269 e. The average Bonchev–Trinajstić information content (AvgIpc) is 3.12. The molecule has 1 amide bonds. The lowest BCUT2D eigenvalue weighted by Gasteiger charge is -2.11. The molecule has 0 unspecified atom stereocenters. The molecule has 166 valence electrons. The molecular formula is C19H21N9O3S. The van der Waals surface area contributed by atoms with Crippen LogP contribution in [0.4, 0.5) is 23.0 Å². The molecule has 0 aliphatic rings. The maximum absolute atomic E-state index is 12.1. The van der Waals surface area contributed by atoms with Gasteiger partial charge in [-0.25, -0.2) is 10.1 Å². The first-order chi connectivity index (χ1) is 15.3. The molecule has 0 aliphatic heterocycles. The van der Waals surface area contributed by atoms with Crippen LogP contribution in [0.25, 0.3) is 0 Å². The maximum atomic E-state index is 12.1. The monoisotopic (exact) mass is 455 g/mol. The average molecular weight is 456 g/mol. The molecule has 0 saturated heterocycles. The number of nitrogens with two attached hydrogens (primary N) is 1. The predicted molar refractivity (Wildman–Crippen MR) is 125 cm³/mol. The Kier molecular flexibility index (Phi) is 7.23. The molecule has 2 aromatic carbocycles. The highest BCUT2D eigenvalue weighted by atomic mass is 32.2. The molecule has 13 heteroatoms. The van der Waals surface area contributed by atoms with Gasteiger partial charge < -0.3 is 16.1 Å². The van der Waals surface area contributed by atoms with E-state index in [1.165, 1.54) is 28.9 Å². The summed E-state index contributed by atoms with van der Waals surface area (Å²) in [5.74, 6) is 5.87. The molecule has 0 saturated carbocycles. The number of nitrogens with one attached hydrogen (secondary N) is 2. The summed E-state index contributed by atoms with van der Waals surface area (Å²) < 4.78 is 1.19. The molecule has 0 atom stereocenters. The summed E-state index contributed by atoms with van der Waals surface area (Å²) >= 11 is 1.08. The number of hydrazone groups is 1. The van der Waals surface area contributed by atoms with E-state index in [1.807, 2.05) is 43.3 Å². The third kappa shape index (κ3) is 5.95. The summed E-state index contributed by atoms with van der Waals surface area (Å²) in [5, 5.41) is 25.6. The van der Waals surface area contributed by atoms with Crippen molar-refractivity contribution in [2.45, 2.75) is 5.16 Å². The number of carbonyl (C=O) groups is 1. The fourth-order valence-corrected chi connectivity index (χ4v) is 3.12. The van der Waals surface area contributed by atoms with Crippen LogP contribution in [0.1, 0.15) is 5.56 Å². The molecule has 0 spiro atoms. The number of nitro groups is 1. The Balaban J connectivity index is 1.50. The molecule has 1 heterocycles. The zero-order valence-corrected chi connectivity index (χ0v) is 18.1. The maximum Gasteiger partial charge on any atom is 0.269 e. The third-order valence-electron chi connectivity index (χ3n) is 4.15. The second kappa shape index (κ2) is 10.3. The Hall–Kier alpha value is -4.13. The summed E-state index contributed by atoms with van der Waals surface area (Å²) in [6.45, 7) is 0. The van der Waals surface area contributed by atoms with Crippen LogP contribution in [0, 0.1) is 10.1 Å². The number of nitrogen functional groups attached to an aromatic ring is 1. The van der Waals surface area contributed by atoms with E-state index in [9.17, 15) is 14.9 Å². The van der Waals surface area contributed by atoms with E-state index in [1.54, 1.807) is 6.21 Å². The molecule has 4 N–H and O–H groups in total. The molecule has 3 aromatic rings. The zero-order chi connectivity index (χ0) is 23.1. The number of rotatable bonds is 9. The fourth-order valence-electron chi connectivity index (χ4n) is 2.47. The number of amides is 1. The van der Waals surface area contributed by atoms with Gasteiger partial charge in [-0.2, -0.15) is 5.10 Å². The SMILES string of the molecule is CN(C)c1ccc(/C=N/Nc2nnc(SCC(=O)Nc3ccc([N+](=O)[O-])cc3)n2N)cc1. The van der Waals surface area contributed by atoms with Crippen molar-refractivity contribution in [2.24, 2.45) is 5.10 Å². The van der Waals surface area contributed by atoms with Crippen molar-refractivity contribution in [1.82, 2.24) is 14.9 Å². The number of hydrogen-bond acceptors (Lipinski definition) is 10. The Morgan fingerprint density at radius 2 is 1.91 bits per heavy atom. The van der Waals surface area contributed by atoms with Crippen molar-refractivity contribution in [3.05, 3.63) is 64.2 Å². The van der Waals surface area contributed by atoms with Crippen LogP contribution in [0.15, 0.2) is 58.8 Å². The van der Waals surface area contributed by atoms with Gasteiger partial charge in [0.15, 0.2) is 0 Å². The van der Waals surface area contributed by atoms with Crippen molar-refractivity contribution < 1.29 is 9.72 Å². The van der Waals surface area contributed by atoms with Gasteiger partial charge in [0.05, 0.1) is 16.9 Å².